The third kappa shape index (κ3) is 1.72. The molecule has 1 aliphatic rings. The molecule has 6 nitrogen and oxygen atoms in total. The van der Waals surface area contributed by atoms with Crippen molar-refractivity contribution in [3.63, 3.8) is 0 Å². The highest BCUT2D eigenvalue weighted by atomic mass is 16.3. The van der Waals surface area contributed by atoms with Crippen molar-refractivity contribution >= 4 is 16.9 Å². The lowest BCUT2D eigenvalue weighted by Crippen LogP contribution is -2.29. The SMILES string of the molecule is CCC1=CC(n2cnc3c(N)nccc32)C(O)C1O. The maximum atomic E-state index is 10.2. The van der Waals surface area contributed by atoms with Gasteiger partial charge in [-0.05, 0) is 18.1 Å². The van der Waals surface area contributed by atoms with E-state index in [1.165, 1.54) is 0 Å². The van der Waals surface area contributed by atoms with Gasteiger partial charge in [0.1, 0.15) is 17.7 Å². The zero-order valence-corrected chi connectivity index (χ0v) is 10.6. The van der Waals surface area contributed by atoms with Crippen molar-refractivity contribution in [3.8, 4) is 0 Å². The standard InChI is InChI=1S/C13H16N4O2/c1-2-7-5-9(12(19)11(7)18)17-6-16-10-8(17)3-4-15-13(10)14/h3-6,9,11-12,18-19H,2H2,1H3,(H2,14,15). The van der Waals surface area contributed by atoms with Gasteiger partial charge < -0.3 is 20.5 Å². The van der Waals surface area contributed by atoms with Gasteiger partial charge in [0.2, 0.25) is 0 Å². The maximum absolute atomic E-state index is 10.2. The van der Waals surface area contributed by atoms with E-state index >= 15 is 0 Å². The molecule has 19 heavy (non-hydrogen) atoms. The lowest BCUT2D eigenvalue weighted by atomic mass is 10.1. The second-order valence-electron chi connectivity index (χ2n) is 4.74. The van der Waals surface area contributed by atoms with E-state index in [1.54, 1.807) is 18.6 Å². The van der Waals surface area contributed by atoms with Crippen molar-refractivity contribution in [1.29, 1.82) is 0 Å². The minimum absolute atomic E-state index is 0.322. The van der Waals surface area contributed by atoms with E-state index in [0.29, 0.717) is 17.8 Å². The Labute approximate surface area is 110 Å². The fraction of sp³-hybridized carbons (Fsp3) is 0.385. The molecule has 3 rings (SSSR count). The number of nitrogens with zero attached hydrogens (tertiary/aromatic N) is 3. The summed E-state index contributed by atoms with van der Waals surface area (Å²) in [5.74, 6) is 0.365. The molecular weight excluding hydrogens is 244 g/mol. The number of rotatable bonds is 2. The maximum Gasteiger partial charge on any atom is 0.151 e. The van der Waals surface area contributed by atoms with E-state index in [4.69, 9.17) is 5.73 Å². The van der Waals surface area contributed by atoms with Crippen LogP contribution in [0.2, 0.25) is 0 Å². The molecule has 0 amide bonds. The van der Waals surface area contributed by atoms with Crippen LogP contribution in [0.25, 0.3) is 11.0 Å². The van der Waals surface area contributed by atoms with Crippen LogP contribution < -0.4 is 5.73 Å². The monoisotopic (exact) mass is 260 g/mol. The van der Waals surface area contributed by atoms with Gasteiger partial charge in [0, 0.05) is 6.20 Å². The average Bonchev–Trinajstić information content (AvgIpc) is 2.94. The first-order chi connectivity index (χ1) is 9.13. The van der Waals surface area contributed by atoms with Crippen LogP contribution in [0.5, 0.6) is 0 Å². The van der Waals surface area contributed by atoms with E-state index in [1.807, 2.05) is 17.6 Å². The Kier molecular flexibility index (Phi) is 2.76. The minimum Gasteiger partial charge on any atom is -0.388 e. The molecule has 0 saturated carbocycles. The number of hydrogen-bond donors (Lipinski definition) is 3. The second kappa shape index (κ2) is 4.32. The number of aliphatic hydroxyl groups excluding tert-OH is 2. The normalized spacial score (nSPS) is 26.9. The molecule has 2 heterocycles. The summed E-state index contributed by atoms with van der Waals surface area (Å²) in [6, 6.07) is 1.48. The largest absolute Gasteiger partial charge is 0.388 e. The zero-order chi connectivity index (χ0) is 13.6. The van der Waals surface area contributed by atoms with Gasteiger partial charge >= 0.3 is 0 Å². The highest BCUT2D eigenvalue weighted by molar-refractivity contribution is 5.84. The van der Waals surface area contributed by atoms with Crippen LogP contribution in [0.15, 0.2) is 30.2 Å². The molecule has 3 atom stereocenters. The number of aromatic nitrogens is 3. The van der Waals surface area contributed by atoms with Crippen molar-refractivity contribution in [2.24, 2.45) is 0 Å². The molecule has 0 spiro atoms. The fourth-order valence-corrected chi connectivity index (χ4v) is 2.61. The quantitative estimate of drug-likeness (QED) is 0.688. The molecule has 3 unspecified atom stereocenters. The number of hydrogen-bond acceptors (Lipinski definition) is 5. The molecular formula is C13H16N4O2. The Balaban J connectivity index is 2.11. The van der Waals surface area contributed by atoms with Crippen LogP contribution in [-0.4, -0.2) is 37.0 Å². The Morgan fingerprint density at radius 3 is 2.84 bits per heavy atom. The van der Waals surface area contributed by atoms with E-state index in [0.717, 1.165) is 11.1 Å². The highest BCUT2D eigenvalue weighted by Crippen LogP contribution is 2.33. The van der Waals surface area contributed by atoms with Crippen LogP contribution in [0.1, 0.15) is 19.4 Å². The van der Waals surface area contributed by atoms with Crippen LogP contribution in [0.3, 0.4) is 0 Å². The van der Waals surface area contributed by atoms with E-state index in [9.17, 15) is 10.2 Å². The number of imidazole rings is 1. The van der Waals surface area contributed by atoms with Crippen molar-refractivity contribution in [2.45, 2.75) is 31.6 Å². The van der Waals surface area contributed by atoms with Gasteiger partial charge in [-0.25, -0.2) is 9.97 Å². The summed E-state index contributed by atoms with van der Waals surface area (Å²) in [6.45, 7) is 1.96. The van der Waals surface area contributed by atoms with Crippen molar-refractivity contribution in [3.05, 3.63) is 30.2 Å². The first-order valence-corrected chi connectivity index (χ1v) is 6.27. The van der Waals surface area contributed by atoms with E-state index < -0.39 is 12.2 Å². The molecule has 0 aromatic carbocycles. The molecule has 6 heteroatoms. The summed E-state index contributed by atoms with van der Waals surface area (Å²) < 4.78 is 1.82. The minimum atomic E-state index is -0.860. The second-order valence-corrected chi connectivity index (χ2v) is 4.74. The number of anilines is 1. The van der Waals surface area contributed by atoms with Gasteiger partial charge in [-0.1, -0.05) is 13.0 Å². The molecule has 0 fully saturated rings. The third-order valence-corrected chi connectivity index (χ3v) is 3.69. The molecule has 0 saturated heterocycles. The summed E-state index contributed by atoms with van der Waals surface area (Å²) in [5, 5.41) is 20.1. The van der Waals surface area contributed by atoms with Gasteiger partial charge in [-0.3, -0.25) is 0 Å². The first-order valence-electron chi connectivity index (χ1n) is 6.27. The number of aliphatic hydroxyl groups is 2. The predicted molar refractivity (Wildman–Crippen MR) is 71.4 cm³/mol. The molecule has 100 valence electrons. The van der Waals surface area contributed by atoms with Gasteiger partial charge in [-0.15, -0.1) is 0 Å². The molecule has 0 bridgehead atoms. The summed E-state index contributed by atoms with van der Waals surface area (Å²) in [4.78, 5) is 8.21. The van der Waals surface area contributed by atoms with E-state index in [2.05, 4.69) is 9.97 Å². The fourth-order valence-electron chi connectivity index (χ4n) is 2.61. The Bertz CT molecular complexity index is 649. The highest BCUT2D eigenvalue weighted by Gasteiger charge is 2.35. The van der Waals surface area contributed by atoms with Crippen molar-refractivity contribution in [2.75, 3.05) is 5.73 Å². The van der Waals surface area contributed by atoms with Crippen molar-refractivity contribution < 1.29 is 10.2 Å². The molecule has 2 aromatic rings. The Morgan fingerprint density at radius 2 is 2.16 bits per heavy atom. The smallest absolute Gasteiger partial charge is 0.151 e. The molecule has 4 N–H and O–H groups in total. The summed E-state index contributed by atoms with van der Waals surface area (Å²) in [6.07, 6.45) is 4.17. The topological polar surface area (TPSA) is 97.2 Å². The summed E-state index contributed by atoms with van der Waals surface area (Å²) in [5.41, 5.74) is 8.03. The van der Waals surface area contributed by atoms with Crippen molar-refractivity contribution in [1.82, 2.24) is 14.5 Å². The zero-order valence-electron chi connectivity index (χ0n) is 10.6. The van der Waals surface area contributed by atoms with E-state index in [-0.39, 0.29) is 6.04 Å². The van der Waals surface area contributed by atoms with Gasteiger partial charge in [0.05, 0.1) is 17.9 Å². The van der Waals surface area contributed by atoms with Crippen LogP contribution >= 0.6 is 0 Å². The summed E-state index contributed by atoms with van der Waals surface area (Å²) in [7, 11) is 0. The van der Waals surface area contributed by atoms with Crippen LogP contribution in [-0.2, 0) is 0 Å². The number of pyridine rings is 1. The average molecular weight is 260 g/mol. The van der Waals surface area contributed by atoms with Gasteiger partial charge in [0.15, 0.2) is 5.82 Å². The predicted octanol–water partition coefficient (Wildman–Crippen LogP) is 0.626. The first kappa shape index (κ1) is 12.1. The number of nitrogen functional groups attached to an aromatic ring is 1. The summed E-state index contributed by atoms with van der Waals surface area (Å²) >= 11 is 0. The molecule has 0 aliphatic heterocycles. The molecule has 0 radical (unpaired) electrons. The third-order valence-electron chi connectivity index (χ3n) is 3.69. The molecule has 2 aromatic heterocycles. The number of nitrogens with two attached hydrogens (primary N) is 1. The lowest BCUT2D eigenvalue weighted by Gasteiger charge is -2.19. The van der Waals surface area contributed by atoms with Crippen LogP contribution in [0, 0.1) is 0 Å². The van der Waals surface area contributed by atoms with Gasteiger partial charge in [0.25, 0.3) is 0 Å². The molecule has 1 aliphatic carbocycles. The van der Waals surface area contributed by atoms with Crippen LogP contribution in [0.4, 0.5) is 5.82 Å². The Morgan fingerprint density at radius 1 is 1.37 bits per heavy atom. The Hall–Kier alpha value is -1.92. The lowest BCUT2D eigenvalue weighted by molar-refractivity contribution is 0.0319. The number of fused-ring (bicyclic) bond motifs is 1. The van der Waals surface area contributed by atoms with Gasteiger partial charge in [-0.2, -0.15) is 0 Å².